The van der Waals surface area contributed by atoms with E-state index in [0.717, 1.165) is 0 Å². The largest absolute Gasteiger partial charge is 1.00 e. The maximum atomic E-state index is 11.9. The summed E-state index contributed by atoms with van der Waals surface area (Å²) in [6.07, 6.45) is 0.383. The van der Waals surface area contributed by atoms with Crippen molar-refractivity contribution in [2.24, 2.45) is 0 Å². The molecule has 0 aliphatic rings. The molecular formula is C26H25NaO12P2S4. The van der Waals surface area contributed by atoms with Crippen molar-refractivity contribution < 1.29 is 82.9 Å². The summed E-state index contributed by atoms with van der Waals surface area (Å²) in [4.78, 5) is -1.62. The first-order valence-electron chi connectivity index (χ1n) is 12.2. The molecule has 0 unspecified atom stereocenters. The van der Waals surface area contributed by atoms with Gasteiger partial charge in [-0.2, -0.15) is 33.7 Å². The zero-order chi connectivity index (χ0) is 32.5. The Morgan fingerprint density at radius 2 is 0.622 bits per heavy atom. The van der Waals surface area contributed by atoms with Crippen LogP contribution < -0.4 is 50.8 Å². The van der Waals surface area contributed by atoms with Crippen LogP contribution in [0.4, 0.5) is 0 Å². The predicted molar refractivity (Wildman–Crippen MR) is 168 cm³/mol. The van der Waals surface area contributed by atoms with Gasteiger partial charge in [0.1, 0.15) is 0 Å². The fraction of sp³-hybridized carbons (Fsp3) is 0.0769. The molecule has 0 aliphatic carbocycles. The van der Waals surface area contributed by atoms with Crippen LogP contribution in [0.5, 0.6) is 0 Å². The topological polar surface area (TPSA) is 217 Å². The number of hydrogen-bond donors (Lipinski definition) is 4. The first-order chi connectivity index (χ1) is 20.3. The molecule has 0 amide bonds. The summed E-state index contributed by atoms with van der Waals surface area (Å²) in [7, 11) is -21.7. The maximum absolute atomic E-state index is 11.9. The Morgan fingerprint density at radius 1 is 0.422 bits per heavy atom. The van der Waals surface area contributed by atoms with E-state index in [1.54, 1.807) is 24.3 Å². The van der Waals surface area contributed by atoms with E-state index in [9.17, 15) is 51.9 Å². The molecule has 0 heterocycles. The van der Waals surface area contributed by atoms with Gasteiger partial charge in [-0.05, 0) is 97.9 Å². The molecule has 0 bridgehead atoms. The van der Waals surface area contributed by atoms with Gasteiger partial charge < -0.3 is 1.43 Å². The molecule has 0 spiro atoms. The number of rotatable bonds is 11. The Bertz CT molecular complexity index is 1860. The summed E-state index contributed by atoms with van der Waals surface area (Å²) in [5, 5.41) is 1.65. The second-order valence-corrected chi connectivity index (χ2v) is 19.6. The van der Waals surface area contributed by atoms with E-state index in [4.69, 9.17) is 0 Å². The van der Waals surface area contributed by atoms with Crippen molar-refractivity contribution in [1.29, 1.82) is 0 Å². The average molecular weight is 743 g/mol. The second kappa shape index (κ2) is 14.7. The summed E-state index contributed by atoms with van der Waals surface area (Å²) in [5.74, 6) is 0. The second-order valence-electron chi connectivity index (χ2n) is 9.19. The van der Waals surface area contributed by atoms with Crippen molar-refractivity contribution >= 4 is 77.5 Å². The van der Waals surface area contributed by atoms with Gasteiger partial charge in [-0.25, -0.2) is 0 Å². The third kappa shape index (κ3) is 9.94. The van der Waals surface area contributed by atoms with Crippen molar-refractivity contribution in [1.82, 2.24) is 0 Å². The molecule has 0 radical (unpaired) electrons. The molecule has 19 heteroatoms. The first kappa shape index (κ1) is 37.8. The van der Waals surface area contributed by atoms with Crippen LogP contribution in [0.25, 0.3) is 0 Å². The van der Waals surface area contributed by atoms with Crippen LogP contribution in [0, 0.1) is 0 Å². The van der Waals surface area contributed by atoms with Gasteiger partial charge in [0, 0.05) is 0 Å². The Balaban J connectivity index is 0.00000368. The fourth-order valence-electron chi connectivity index (χ4n) is 4.26. The molecule has 4 aromatic rings. The molecule has 4 N–H and O–H groups in total. The Labute approximate surface area is 287 Å². The molecule has 0 atom stereocenters. The molecule has 236 valence electrons. The molecule has 4 aromatic carbocycles. The van der Waals surface area contributed by atoms with Crippen molar-refractivity contribution in [3.8, 4) is 0 Å². The third-order valence-corrected chi connectivity index (χ3v) is 15.0. The van der Waals surface area contributed by atoms with Crippen LogP contribution in [0.3, 0.4) is 0 Å². The van der Waals surface area contributed by atoms with Crippen molar-refractivity contribution in [2.75, 3.05) is 12.3 Å². The molecule has 45 heavy (non-hydrogen) atoms. The molecule has 0 saturated carbocycles. The maximum Gasteiger partial charge on any atom is 1.00 e. The summed E-state index contributed by atoms with van der Waals surface area (Å²) >= 11 is 0. The summed E-state index contributed by atoms with van der Waals surface area (Å²) in [6, 6.07) is 21.6. The SMILES string of the molecule is O=S(=O)(O)c1cccc(P(CCP(c2cccc(S(=O)(=O)O)c2)c2cccc(S(=O)(=O)O)c2)c2cccc(S(=O)(=O)O)c2)c1.[H-].[Na+]. The minimum atomic E-state index is -4.61. The van der Waals surface area contributed by atoms with Crippen LogP contribution in [-0.2, 0) is 40.5 Å². The molecular weight excluding hydrogens is 717 g/mol. The van der Waals surface area contributed by atoms with E-state index in [1.807, 2.05) is 0 Å². The van der Waals surface area contributed by atoms with Gasteiger partial charge in [0.05, 0.1) is 19.6 Å². The molecule has 12 nitrogen and oxygen atoms in total. The van der Waals surface area contributed by atoms with E-state index < -0.39 is 75.9 Å². The molecule has 0 fully saturated rings. The van der Waals surface area contributed by atoms with Gasteiger partial charge in [-0.1, -0.05) is 48.5 Å². The van der Waals surface area contributed by atoms with Crippen molar-refractivity contribution in [2.45, 2.75) is 19.6 Å². The Morgan fingerprint density at radius 3 is 0.800 bits per heavy atom. The van der Waals surface area contributed by atoms with E-state index in [1.165, 1.54) is 72.8 Å². The number of benzene rings is 4. The van der Waals surface area contributed by atoms with Crippen molar-refractivity contribution in [3.05, 3.63) is 97.1 Å². The molecule has 4 rings (SSSR count). The van der Waals surface area contributed by atoms with Crippen LogP contribution >= 0.6 is 15.8 Å². The van der Waals surface area contributed by atoms with Gasteiger partial charge in [-0.15, -0.1) is 0 Å². The van der Waals surface area contributed by atoms with Crippen LogP contribution in [0.2, 0.25) is 0 Å². The Hall–Kier alpha value is -1.62. The minimum absolute atomic E-state index is 0. The normalized spacial score (nSPS) is 12.7. The van der Waals surface area contributed by atoms with E-state index in [-0.39, 0.29) is 43.3 Å². The van der Waals surface area contributed by atoms with Gasteiger partial charge >= 0.3 is 29.6 Å². The smallest absolute Gasteiger partial charge is 1.00 e. The summed E-state index contributed by atoms with van der Waals surface area (Å²) in [6.45, 7) is 0. The zero-order valence-electron chi connectivity index (χ0n) is 24.2. The van der Waals surface area contributed by atoms with Crippen LogP contribution in [-0.4, -0.2) is 64.2 Å². The van der Waals surface area contributed by atoms with E-state index >= 15 is 0 Å². The standard InChI is InChI=1S/C26H24O12P2S4.Na.H/c27-41(28,29)23-9-1-5-19(15-23)39(20-6-2-10-24(16-20)42(30,31)32)13-14-40(21-7-3-11-25(17-21)43(33,34)35)22-8-4-12-26(18-22)44(36,37)38;;/h1-12,15-18H,13-14H2,(H,27,28,29)(H,30,31,32)(H,33,34,35)(H,36,37,38);;/q;+1;-1. The Kier molecular flexibility index (Phi) is 12.3. The zero-order valence-corrected chi connectivity index (χ0v) is 30.3. The third-order valence-electron chi connectivity index (χ3n) is 6.26. The summed E-state index contributed by atoms with van der Waals surface area (Å²) in [5.41, 5.74) is 0. The average Bonchev–Trinajstić information content (AvgIpc) is 2.94. The fourth-order valence-corrected chi connectivity index (χ4v) is 12.2. The monoisotopic (exact) mass is 742 g/mol. The van der Waals surface area contributed by atoms with Gasteiger partial charge in [0.2, 0.25) is 0 Å². The van der Waals surface area contributed by atoms with Crippen LogP contribution in [0.1, 0.15) is 1.43 Å². The van der Waals surface area contributed by atoms with Gasteiger partial charge in [-0.3, -0.25) is 18.2 Å². The van der Waals surface area contributed by atoms with Gasteiger partial charge in [0.15, 0.2) is 0 Å². The minimum Gasteiger partial charge on any atom is -1.00 e. The quantitative estimate of drug-likeness (QED) is 0.0857. The van der Waals surface area contributed by atoms with E-state index in [2.05, 4.69) is 0 Å². The predicted octanol–water partition coefficient (Wildman–Crippen LogP) is -0.644. The molecule has 0 saturated heterocycles. The summed E-state index contributed by atoms with van der Waals surface area (Å²) < 4.78 is 134. The first-order valence-corrected chi connectivity index (χ1v) is 21.0. The number of hydrogen-bond acceptors (Lipinski definition) is 8. The van der Waals surface area contributed by atoms with Crippen LogP contribution in [0.15, 0.2) is 117 Å². The molecule has 0 aromatic heterocycles. The van der Waals surface area contributed by atoms with Gasteiger partial charge in [0.25, 0.3) is 40.5 Å². The van der Waals surface area contributed by atoms with Crippen molar-refractivity contribution in [3.63, 3.8) is 0 Å². The van der Waals surface area contributed by atoms with E-state index in [0.29, 0.717) is 21.2 Å². The molecule has 0 aliphatic heterocycles.